The molecule has 4 nitrogen and oxygen atoms in total. The zero-order chi connectivity index (χ0) is 12.5. The Hall–Kier alpha value is -2.20. The summed E-state index contributed by atoms with van der Waals surface area (Å²) in [7, 11) is 0. The summed E-state index contributed by atoms with van der Waals surface area (Å²) in [4.78, 5) is 19.4. The van der Waals surface area contributed by atoms with Gasteiger partial charge in [-0.1, -0.05) is 11.6 Å². The van der Waals surface area contributed by atoms with Gasteiger partial charge in [0.2, 0.25) is 0 Å². The van der Waals surface area contributed by atoms with Gasteiger partial charge in [-0.15, -0.1) is 0 Å². The van der Waals surface area contributed by atoms with Crippen molar-refractivity contribution in [2.75, 3.05) is 0 Å². The van der Waals surface area contributed by atoms with E-state index in [2.05, 4.69) is 9.97 Å². The van der Waals surface area contributed by atoms with Crippen LogP contribution in [0.25, 0.3) is 17.0 Å². The molecule has 0 unspecified atom stereocenters. The van der Waals surface area contributed by atoms with Crippen LogP contribution in [-0.2, 0) is 0 Å². The molecule has 88 valence electrons. The van der Waals surface area contributed by atoms with Crippen molar-refractivity contribution in [2.24, 2.45) is 0 Å². The third-order valence-corrected chi connectivity index (χ3v) is 2.90. The lowest BCUT2D eigenvalue weighted by atomic mass is 10.2. The first-order valence-electron chi connectivity index (χ1n) is 5.34. The van der Waals surface area contributed by atoms with Crippen molar-refractivity contribution in [3.63, 3.8) is 0 Å². The smallest absolute Gasteiger partial charge is 0.172 e. The summed E-state index contributed by atoms with van der Waals surface area (Å²) in [6.07, 6.45) is 4.17. The number of aromatic nitrogens is 3. The van der Waals surface area contributed by atoms with Gasteiger partial charge in [-0.25, -0.2) is 9.97 Å². The number of rotatable bonds is 2. The number of hydrogen-bond acceptors (Lipinski definition) is 3. The number of carbonyl (C=O) groups excluding carboxylic acids is 1. The van der Waals surface area contributed by atoms with Crippen molar-refractivity contribution < 1.29 is 4.79 Å². The topological polar surface area (TPSA) is 47.3 Å². The highest BCUT2D eigenvalue weighted by atomic mass is 35.5. The van der Waals surface area contributed by atoms with Crippen LogP contribution < -0.4 is 0 Å². The molecule has 0 amide bonds. The lowest BCUT2D eigenvalue weighted by Gasteiger charge is -2.00. The van der Waals surface area contributed by atoms with E-state index in [0.29, 0.717) is 28.5 Å². The maximum atomic E-state index is 11.0. The van der Waals surface area contributed by atoms with E-state index in [1.807, 2.05) is 18.3 Å². The molecule has 0 saturated heterocycles. The van der Waals surface area contributed by atoms with Gasteiger partial charge in [0, 0.05) is 23.0 Å². The summed E-state index contributed by atoms with van der Waals surface area (Å²) in [5.41, 5.74) is 1.77. The van der Waals surface area contributed by atoms with Crippen LogP contribution in [0.4, 0.5) is 0 Å². The molecule has 0 atom stereocenters. The number of benzene rings is 1. The van der Waals surface area contributed by atoms with Crippen LogP contribution in [0.15, 0.2) is 42.7 Å². The summed E-state index contributed by atoms with van der Waals surface area (Å²) in [6, 6.07) is 9.09. The number of hydrogen-bond donors (Lipinski definition) is 0. The standard InChI is InChI=1S/C13H8ClN3O/c14-10-4-2-9(3-5-10)12-16-11(8-18)13-15-6-1-7-17(12)13/h1-8H. The Bertz CT molecular complexity index is 719. The number of nitrogens with zero attached hydrogens (tertiary/aromatic N) is 3. The SMILES string of the molecule is O=Cc1nc(-c2ccc(Cl)cc2)n2cccnc12. The first kappa shape index (κ1) is 10.9. The first-order chi connectivity index (χ1) is 8.79. The molecule has 0 saturated carbocycles. The van der Waals surface area contributed by atoms with Gasteiger partial charge < -0.3 is 0 Å². The van der Waals surface area contributed by atoms with Crippen molar-refractivity contribution in [3.05, 3.63) is 53.4 Å². The highest BCUT2D eigenvalue weighted by Gasteiger charge is 2.12. The number of carbonyl (C=O) groups is 1. The number of imidazole rings is 1. The minimum Gasteiger partial charge on any atom is -0.296 e. The third kappa shape index (κ3) is 1.67. The van der Waals surface area contributed by atoms with Gasteiger partial charge in [0.25, 0.3) is 0 Å². The predicted molar refractivity (Wildman–Crippen MR) is 68.8 cm³/mol. The fourth-order valence-electron chi connectivity index (χ4n) is 1.83. The summed E-state index contributed by atoms with van der Waals surface area (Å²) < 4.78 is 1.78. The molecule has 0 N–H and O–H groups in total. The first-order valence-corrected chi connectivity index (χ1v) is 5.71. The van der Waals surface area contributed by atoms with Gasteiger partial charge in [-0.05, 0) is 30.3 Å². The van der Waals surface area contributed by atoms with E-state index < -0.39 is 0 Å². The maximum absolute atomic E-state index is 11.0. The van der Waals surface area contributed by atoms with Gasteiger partial charge in [-0.3, -0.25) is 9.20 Å². The Morgan fingerprint density at radius 1 is 1.22 bits per heavy atom. The highest BCUT2D eigenvalue weighted by Crippen LogP contribution is 2.22. The normalized spacial score (nSPS) is 10.7. The van der Waals surface area contributed by atoms with E-state index in [4.69, 9.17) is 11.6 Å². The fraction of sp³-hybridized carbons (Fsp3) is 0. The molecule has 5 heteroatoms. The van der Waals surface area contributed by atoms with Gasteiger partial charge in [0.1, 0.15) is 11.5 Å². The molecular weight excluding hydrogens is 250 g/mol. The summed E-state index contributed by atoms with van der Waals surface area (Å²) in [5.74, 6) is 0.678. The third-order valence-electron chi connectivity index (χ3n) is 2.64. The largest absolute Gasteiger partial charge is 0.296 e. The van der Waals surface area contributed by atoms with E-state index in [9.17, 15) is 4.79 Å². The maximum Gasteiger partial charge on any atom is 0.172 e. The molecular formula is C13H8ClN3O. The second kappa shape index (κ2) is 4.23. The Balaban J connectivity index is 2.29. The van der Waals surface area contributed by atoms with Crippen molar-refractivity contribution in [1.82, 2.24) is 14.4 Å². The molecule has 0 aliphatic rings. The molecule has 2 heterocycles. The van der Waals surface area contributed by atoms with Crippen molar-refractivity contribution in [1.29, 1.82) is 0 Å². The minimum absolute atomic E-state index is 0.334. The van der Waals surface area contributed by atoms with Crippen molar-refractivity contribution in [3.8, 4) is 11.4 Å². The molecule has 3 rings (SSSR count). The predicted octanol–water partition coefficient (Wildman–Crippen LogP) is 2.86. The van der Waals surface area contributed by atoms with Crippen molar-refractivity contribution >= 4 is 23.5 Å². The molecule has 0 fully saturated rings. The zero-order valence-electron chi connectivity index (χ0n) is 9.25. The lowest BCUT2D eigenvalue weighted by molar-refractivity contribution is 0.112. The van der Waals surface area contributed by atoms with Gasteiger partial charge in [0.05, 0.1) is 0 Å². The van der Waals surface area contributed by atoms with E-state index in [0.717, 1.165) is 5.56 Å². The number of halogens is 1. The molecule has 0 radical (unpaired) electrons. The lowest BCUT2D eigenvalue weighted by Crippen LogP contribution is -1.90. The summed E-state index contributed by atoms with van der Waals surface area (Å²) >= 11 is 5.85. The average molecular weight is 258 g/mol. The van der Waals surface area contributed by atoms with E-state index in [1.54, 1.807) is 28.8 Å². The second-order valence-corrected chi connectivity index (χ2v) is 4.20. The van der Waals surface area contributed by atoms with Crippen LogP contribution in [0.1, 0.15) is 10.5 Å². The Morgan fingerprint density at radius 2 is 2.00 bits per heavy atom. The van der Waals surface area contributed by atoms with Crippen LogP contribution in [-0.4, -0.2) is 20.7 Å². The average Bonchev–Trinajstić information content (AvgIpc) is 2.79. The molecule has 3 aromatic rings. The van der Waals surface area contributed by atoms with Crippen LogP contribution in [0.2, 0.25) is 5.02 Å². The number of fused-ring (bicyclic) bond motifs is 1. The molecule has 18 heavy (non-hydrogen) atoms. The van der Waals surface area contributed by atoms with Crippen LogP contribution in [0.3, 0.4) is 0 Å². The fourth-order valence-corrected chi connectivity index (χ4v) is 1.96. The molecule has 0 spiro atoms. The van der Waals surface area contributed by atoms with Crippen LogP contribution in [0.5, 0.6) is 0 Å². The zero-order valence-corrected chi connectivity index (χ0v) is 10.0. The summed E-state index contributed by atoms with van der Waals surface area (Å²) in [6.45, 7) is 0. The quantitative estimate of drug-likeness (QED) is 0.663. The Morgan fingerprint density at radius 3 is 2.72 bits per heavy atom. The second-order valence-electron chi connectivity index (χ2n) is 3.76. The summed E-state index contributed by atoms with van der Waals surface area (Å²) in [5, 5.41) is 0.661. The van der Waals surface area contributed by atoms with Gasteiger partial charge >= 0.3 is 0 Å². The number of aldehydes is 1. The van der Waals surface area contributed by atoms with E-state index in [-0.39, 0.29) is 0 Å². The van der Waals surface area contributed by atoms with Crippen molar-refractivity contribution in [2.45, 2.75) is 0 Å². The Labute approximate surface area is 108 Å². The molecule has 0 bridgehead atoms. The van der Waals surface area contributed by atoms with E-state index >= 15 is 0 Å². The molecule has 1 aromatic carbocycles. The monoisotopic (exact) mass is 257 g/mol. The molecule has 0 aliphatic heterocycles. The molecule has 2 aromatic heterocycles. The Kier molecular flexibility index (Phi) is 2.57. The van der Waals surface area contributed by atoms with Gasteiger partial charge in [0.15, 0.2) is 11.9 Å². The minimum atomic E-state index is 0.334. The highest BCUT2D eigenvalue weighted by molar-refractivity contribution is 6.30. The van der Waals surface area contributed by atoms with Gasteiger partial charge in [-0.2, -0.15) is 0 Å². The molecule has 0 aliphatic carbocycles. The van der Waals surface area contributed by atoms with E-state index in [1.165, 1.54) is 0 Å². The van der Waals surface area contributed by atoms with Crippen LogP contribution >= 0.6 is 11.6 Å². The van der Waals surface area contributed by atoms with Crippen LogP contribution in [0, 0.1) is 0 Å².